The Bertz CT molecular complexity index is 1100. The minimum Gasteiger partial charge on any atom is -0.741 e. The number of rotatable bonds is 5. The van der Waals surface area contributed by atoms with Gasteiger partial charge in [-0.05, 0) is 11.6 Å². The van der Waals surface area contributed by atoms with Crippen LogP contribution >= 0.6 is 0 Å². The number of hydrogen-bond donors (Lipinski definition) is 0. The Kier molecular flexibility index (Phi) is 8.29. The van der Waals surface area contributed by atoms with Crippen LogP contribution in [0, 0.1) is 0 Å². The number of aryl methyl sites for hydroxylation is 1. The van der Waals surface area contributed by atoms with Gasteiger partial charge in [0.05, 0.1) is 0 Å². The zero-order chi connectivity index (χ0) is 22.9. The standard InChI is InChI=1S/C20H19N2O.CHF3O3S/c1-22-15-9-8-14-19(22)20(18-12-6-3-7-13-18)21-23-16-17-10-4-2-5-11-17;2-1(3,4)8(5,6)7/h2-15H,16H2,1H3;(H,5,6,7)/q+1;/p-1. The molecule has 3 rings (SSSR count). The second-order valence-corrected chi connectivity index (χ2v) is 7.53. The minimum atomic E-state index is -6.09. The third kappa shape index (κ3) is 7.50. The molecule has 0 radical (unpaired) electrons. The molecule has 1 aromatic heterocycles. The van der Waals surface area contributed by atoms with E-state index in [9.17, 15) is 13.2 Å². The Morgan fingerprint density at radius 3 is 2.00 bits per heavy atom. The molecule has 0 bridgehead atoms. The summed E-state index contributed by atoms with van der Waals surface area (Å²) in [5, 5.41) is 4.42. The van der Waals surface area contributed by atoms with Crippen LogP contribution in [0.5, 0.6) is 0 Å². The molecule has 0 saturated carbocycles. The number of hydrogen-bond acceptors (Lipinski definition) is 5. The maximum Gasteiger partial charge on any atom is 0.485 e. The van der Waals surface area contributed by atoms with Crippen molar-refractivity contribution >= 4 is 15.8 Å². The van der Waals surface area contributed by atoms with Gasteiger partial charge in [-0.3, -0.25) is 0 Å². The largest absolute Gasteiger partial charge is 0.741 e. The number of nitrogens with zero attached hydrogens (tertiary/aromatic N) is 2. The van der Waals surface area contributed by atoms with Crippen LogP contribution in [0.25, 0.3) is 0 Å². The summed E-state index contributed by atoms with van der Waals surface area (Å²) in [6, 6.07) is 26.2. The predicted octanol–water partition coefficient (Wildman–Crippen LogP) is 3.53. The average molecular weight is 452 g/mol. The molecule has 0 aliphatic rings. The lowest BCUT2D eigenvalue weighted by molar-refractivity contribution is -0.672. The van der Waals surface area contributed by atoms with E-state index in [-0.39, 0.29) is 0 Å². The van der Waals surface area contributed by atoms with Crippen molar-refractivity contribution in [1.29, 1.82) is 0 Å². The van der Waals surface area contributed by atoms with Crippen molar-refractivity contribution in [2.24, 2.45) is 12.2 Å². The van der Waals surface area contributed by atoms with E-state index in [1.807, 2.05) is 96.7 Å². The zero-order valence-electron chi connectivity index (χ0n) is 16.4. The van der Waals surface area contributed by atoms with Gasteiger partial charge >= 0.3 is 5.51 Å². The highest BCUT2D eigenvalue weighted by molar-refractivity contribution is 7.86. The fraction of sp³-hybridized carbons (Fsp3) is 0.143. The maximum atomic E-state index is 10.7. The Hall–Kier alpha value is -3.24. The van der Waals surface area contributed by atoms with E-state index < -0.39 is 15.6 Å². The molecule has 6 nitrogen and oxygen atoms in total. The molecule has 0 N–H and O–H groups in total. The number of oxime groups is 1. The fourth-order valence-corrected chi connectivity index (χ4v) is 2.36. The van der Waals surface area contributed by atoms with Crippen molar-refractivity contribution in [2.75, 3.05) is 0 Å². The molecule has 0 aliphatic heterocycles. The Labute approximate surface area is 178 Å². The molecular weight excluding hydrogens is 433 g/mol. The second kappa shape index (κ2) is 10.7. The van der Waals surface area contributed by atoms with Crippen LogP contribution in [-0.2, 0) is 28.6 Å². The van der Waals surface area contributed by atoms with Gasteiger partial charge in [0.15, 0.2) is 22.0 Å². The van der Waals surface area contributed by atoms with Crippen molar-refractivity contribution in [3.05, 3.63) is 102 Å². The van der Waals surface area contributed by atoms with Crippen LogP contribution in [0.1, 0.15) is 16.8 Å². The molecule has 0 saturated heterocycles. The van der Waals surface area contributed by atoms with E-state index >= 15 is 0 Å². The van der Waals surface area contributed by atoms with E-state index in [4.69, 9.17) is 17.8 Å². The fourth-order valence-electron chi connectivity index (χ4n) is 2.36. The van der Waals surface area contributed by atoms with E-state index in [0.717, 1.165) is 22.5 Å². The van der Waals surface area contributed by atoms with E-state index in [1.54, 1.807) is 0 Å². The third-order valence-electron chi connectivity index (χ3n) is 3.86. The lowest BCUT2D eigenvalue weighted by Gasteiger charge is -2.08. The van der Waals surface area contributed by atoms with Crippen LogP contribution in [0.15, 0.2) is 90.2 Å². The topological polar surface area (TPSA) is 82.7 Å². The smallest absolute Gasteiger partial charge is 0.485 e. The summed E-state index contributed by atoms with van der Waals surface area (Å²) < 4.78 is 60.9. The molecule has 0 spiro atoms. The van der Waals surface area contributed by atoms with Crippen molar-refractivity contribution in [3.63, 3.8) is 0 Å². The number of aromatic nitrogens is 1. The lowest BCUT2D eigenvalue weighted by atomic mass is 10.1. The van der Waals surface area contributed by atoms with Crippen molar-refractivity contribution < 1.29 is 35.5 Å². The maximum absolute atomic E-state index is 10.7. The van der Waals surface area contributed by atoms with Crippen LogP contribution in [0.3, 0.4) is 0 Å². The summed E-state index contributed by atoms with van der Waals surface area (Å²) in [6.07, 6.45) is 2.00. The number of halogens is 3. The van der Waals surface area contributed by atoms with Crippen molar-refractivity contribution in [2.45, 2.75) is 12.1 Å². The molecule has 0 amide bonds. The highest BCUT2D eigenvalue weighted by Crippen LogP contribution is 2.20. The molecule has 0 aliphatic carbocycles. The highest BCUT2D eigenvalue weighted by Gasteiger charge is 2.36. The number of pyridine rings is 1. The van der Waals surface area contributed by atoms with E-state index in [2.05, 4.69) is 5.16 Å². The summed E-state index contributed by atoms with van der Waals surface area (Å²) in [5.74, 6) is 0. The van der Waals surface area contributed by atoms with E-state index in [0.29, 0.717) is 6.61 Å². The second-order valence-electron chi connectivity index (χ2n) is 6.16. The molecule has 0 unspecified atom stereocenters. The summed E-state index contributed by atoms with van der Waals surface area (Å²) in [5.41, 5.74) is -1.69. The first kappa shape index (κ1) is 24.0. The predicted molar refractivity (Wildman–Crippen MR) is 107 cm³/mol. The van der Waals surface area contributed by atoms with Crippen LogP contribution < -0.4 is 4.57 Å². The molecule has 10 heteroatoms. The Morgan fingerprint density at radius 2 is 1.48 bits per heavy atom. The van der Waals surface area contributed by atoms with Gasteiger partial charge in [0.25, 0.3) is 0 Å². The zero-order valence-corrected chi connectivity index (χ0v) is 17.2. The third-order valence-corrected chi connectivity index (χ3v) is 4.43. The van der Waals surface area contributed by atoms with E-state index in [1.165, 1.54) is 0 Å². The summed E-state index contributed by atoms with van der Waals surface area (Å²) in [6.45, 7) is 0.452. The summed E-state index contributed by atoms with van der Waals surface area (Å²) in [7, 11) is -4.09. The summed E-state index contributed by atoms with van der Waals surface area (Å²) in [4.78, 5) is 5.62. The Balaban J connectivity index is 0.000000366. The van der Waals surface area contributed by atoms with Gasteiger partial charge in [0, 0.05) is 17.7 Å². The van der Waals surface area contributed by atoms with Gasteiger partial charge in [-0.15, -0.1) is 0 Å². The van der Waals surface area contributed by atoms with Crippen LogP contribution in [0.4, 0.5) is 13.2 Å². The molecular formula is C21H19F3N2O4S. The SMILES string of the molecule is C[n+]1ccccc1C(=NOCc1ccccc1)c1ccccc1.O=S(=O)([O-])C(F)(F)F. The molecule has 0 fully saturated rings. The van der Waals surface area contributed by atoms with Gasteiger partial charge in [0.2, 0.25) is 5.69 Å². The lowest BCUT2D eigenvalue weighted by Crippen LogP contribution is -2.36. The molecule has 0 atom stereocenters. The first-order chi connectivity index (χ1) is 14.6. The molecule has 2 aromatic carbocycles. The first-order valence-electron chi connectivity index (χ1n) is 8.86. The van der Waals surface area contributed by atoms with Crippen LogP contribution in [-0.4, -0.2) is 24.2 Å². The van der Waals surface area contributed by atoms with Crippen molar-refractivity contribution in [1.82, 2.24) is 0 Å². The summed E-state index contributed by atoms with van der Waals surface area (Å²) >= 11 is 0. The normalized spacial score (nSPS) is 12.0. The molecule has 1 heterocycles. The van der Waals surface area contributed by atoms with Gasteiger partial charge in [0.1, 0.15) is 13.7 Å². The minimum absolute atomic E-state index is 0.452. The molecule has 3 aromatic rings. The van der Waals surface area contributed by atoms with Gasteiger partial charge in [-0.1, -0.05) is 65.8 Å². The van der Waals surface area contributed by atoms with Gasteiger partial charge < -0.3 is 9.39 Å². The van der Waals surface area contributed by atoms with Crippen LogP contribution in [0.2, 0.25) is 0 Å². The van der Waals surface area contributed by atoms with Crippen molar-refractivity contribution in [3.8, 4) is 0 Å². The quantitative estimate of drug-likeness (QED) is 0.195. The Morgan fingerprint density at radius 1 is 0.968 bits per heavy atom. The number of alkyl halides is 3. The van der Waals surface area contributed by atoms with Gasteiger partial charge in [-0.25, -0.2) is 8.42 Å². The average Bonchev–Trinajstić information content (AvgIpc) is 2.72. The van der Waals surface area contributed by atoms with Gasteiger partial charge in [-0.2, -0.15) is 17.7 Å². The number of benzene rings is 2. The molecule has 164 valence electrons. The molecule has 31 heavy (non-hydrogen) atoms. The first-order valence-corrected chi connectivity index (χ1v) is 10.3. The highest BCUT2D eigenvalue weighted by atomic mass is 32.2. The monoisotopic (exact) mass is 452 g/mol.